The van der Waals surface area contributed by atoms with Gasteiger partial charge in [-0.05, 0) is 65.7 Å². The van der Waals surface area contributed by atoms with Crippen molar-refractivity contribution in [1.29, 1.82) is 0 Å². The summed E-state index contributed by atoms with van der Waals surface area (Å²) in [5.41, 5.74) is 0. The van der Waals surface area contributed by atoms with E-state index >= 15 is 0 Å². The SMILES string of the molecule is CCN(CCCN1CCCC1)C(=O)NCCN(C)C1CCCC1. The van der Waals surface area contributed by atoms with E-state index in [-0.39, 0.29) is 6.03 Å². The summed E-state index contributed by atoms with van der Waals surface area (Å²) in [4.78, 5) is 19.2. The van der Waals surface area contributed by atoms with Crippen LogP contribution in [-0.4, -0.2) is 79.6 Å². The number of carbonyl (C=O) groups excluding carboxylic acids is 1. The monoisotopic (exact) mass is 324 g/mol. The molecule has 0 atom stereocenters. The molecule has 2 rings (SSSR count). The molecule has 1 N–H and O–H groups in total. The Morgan fingerprint density at radius 3 is 2.48 bits per heavy atom. The number of likely N-dealkylation sites (tertiary alicyclic amines) is 1. The van der Waals surface area contributed by atoms with Gasteiger partial charge in [0.1, 0.15) is 0 Å². The molecule has 0 bridgehead atoms. The molecule has 0 aromatic carbocycles. The number of rotatable bonds is 9. The Bertz CT molecular complexity index is 338. The van der Waals surface area contributed by atoms with Crippen molar-refractivity contribution in [1.82, 2.24) is 20.0 Å². The largest absolute Gasteiger partial charge is 0.337 e. The minimum atomic E-state index is 0.105. The van der Waals surface area contributed by atoms with Crippen LogP contribution in [0.1, 0.15) is 51.9 Å². The molecule has 5 nitrogen and oxygen atoms in total. The highest BCUT2D eigenvalue weighted by Gasteiger charge is 2.19. The first kappa shape index (κ1) is 18.5. The fraction of sp³-hybridized carbons (Fsp3) is 0.944. The van der Waals surface area contributed by atoms with E-state index in [0.29, 0.717) is 0 Å². The second-order valence-corrected chi connectivity index (χ2v) is 7.13. The zero-order chi connectivity index (χ0) is 16.5. The van der Waals surface area contributed by atoms with Crippen LogP contribution in [-0.2, 0) is 0 Å². The van der Waals surface area contributed by atoms with Crippen molar-refractivity contribution < 1.29 is 4.79 Å². The zero-order valence-corrected chi connectivity index (χ0v) is 15.2. The molecule has 0 spiro atoms. The topological polar surface area (TPSA) is 38.8 Å². The lowest BCUT2D eigenvalue weighted by molar-refractivity contribution is 0.191. The molecular formula is C18H36N4O. The fourth-order valence-electron chi connectivity index (χ4n) is 3.87. The lowest BCUT2D eigenvalue weighted by atomic mass is 10.2. The van der Waals surface area contributed by atoms with E-state index in [4.69, 9.17) is 0 Å². The average molecular weight is 325 g/mol. The first-order valence-electron chi connectivity index (χ1n) is 9.66. The van der Waals surface area contributed by atoms with Gasteiger partial charge in [0.15, 0.2) is 0 Å². The van der Waals surface area contributed by atoms with Gasteiger partial charge in [-0.15, -0.1) is 0 Å². The standard InChI is InChI=1S/C18H36N4O/c1-3-22(15-8-14-21-12-6-7-13-21)18(23)19-11-16-20(2)17-9-4-5-10-17/h17H,3-16H2,1-2H3,(H,19,23). The number of urea groups is 1. The maximum atomic E-state index is 12.3. The van der Waals surface area contributed by atoms with Crippen LogP contribution < -0.4 is 5.32 Å². The minimum Gasteiger partial charge on any atom is -0.337 e. The first-order valence-corrected chi connectivity index (χ1v) is 9.66. The Balaban J connectivity index is 1.57. The van der Waals surface area contributed by atoms with Gasteiger partial charge in [-0.3, -0.25) is 0 Å². The van der Waals surface area contributed by atoms with E-state index in [1.54, 1.807) is 0 Å². The summed E-state index contributed by atoms with van der Waals surface area (Å²) in [5.74, 6) is 0. The quantitative estimate of drug-likeness (QED) is 0.708. The molecule has 0 aromatic heterocycles. The molecule has 2 aliphatic rings. The Morgan fingerprint density at radius 2 is 1.83 bits per heavy atom. The van der Waals surface area contributed by atoms with E-state index in [1.165, 1.54) is 51.6 Å². The predicted octanol–water partition coefficient (Wildman–Crippen LogP) is 2.38. The van der Waals surface area contributed by atoms with E-state index in [2.05, 4.69) is 29.1 Å². The first-order chi connectivity index (χ1) is 11.2. The number of hydrogen-bond acceptors (Lipinski definition) is 3. The van der Waals surface area contributed by atoms with Crippen molar-refractivity contribution in [2.24, 2.45) is 0 Å². The van der Waals surface area contributed by atoms with Crippen LogP contribution in [0.2, 0.25) is 0 Å². The predicted molar refractivity (Wildman–Crippen MR) is 95.8 cm³/mol. The molecule has 2 amide bonds. The molecule has 1 saturated heterocycles. The van der Waals surface area contributed by atoms with Gasteiger partial charge in [-0.1, -0.05) is 12.8 Å². The van der Waals surface area contributed by atoms with Crippen LogP contribution >= 0.6 is 0 Å². The van der Waals surface area contributed by atoms with Gasteiger partial charge in [-0.2, -0.15) is 0 Å². The summed E-state index contributed by atoms with van der Waals surface area (Å²) in [7, 11) is 2.19. The van der Waals surface area contributed by atoms with Crippen LogP contribution in [0.5, 0.6) is 0 Å². The molecule has 134 valence electrons. The van der Waals surface area contributed by atoms with E-state index in [9.17, 15) is 4.79 Å². The number of likely N-dealkylation sites (N-methyl/N-ethyl adjacent to an activating group) is 1. The smallest absolute Gasteiger partial charge is 0.317 e. The van der Waals surface area contributed by atoms with Crippen molar-refractivity contribution in [2.45, 2.75) is 57.9 Å². The number of carbonyl (C=O) groups is 1. The zero-order valence-electron chi connectivity index (χ0n) is 15.2. The molecule has 1 heterocycles. The minimum absolute atomic E-state index is 0.105. The molecular weight excluding hydrogens is 288 g/mol. The second-order valence-electron chi connectivity index (χ2n) is 7.13. The molecule has 5 heteroatoms. The highest BCUT2D eigenvalue weighted by Crippen LogP contribution is 2.21. The van der Waals surface area contributed by atoms with Gasteiger partial charge in [-0.25, -0.2) is 4.79 Å². The number of nitrogens with zero attached hydrogens (tertiary/aromatic N) is 3. The molecule has 1 aliphatic heterocycles. The molecule has 1 aliphatic carbocycles. The normalized spacial score (nSPS) is 19.6. The van der Waals surface area contributed by atoms with Crippen molar-refractivity contribution in [3.8, 4) is 0 Å². The van der Waals surface area contributed by atoms with E-state index in [0.717, 1.165) is 45.2 Å². The Hall–Kier alpha value is -0.810. The highest BCUT2D eigenvalue weighted by atomic mass is 16.2. The maximum Gasteiger partial charge on any atom is 0.317 e. The van der Waals surface area contributed by atoms with Crippen molar-refractivity contribution in [3.05, 3.63) is 0 Å². The summed E-state index contributed by atoms with van der Waals surface area (Å²) in [6.45, 7) is 9.07. The van der Waals surface area contributed by atoms with Gasteiger partial charge >= 0.3 is 6.03 Å². The average Bonchev–Trinajstić information content (AvgIpc) is 3.24. The highest BCUT2D eigenvalue weighted by molar-refractivity contribution is 5.74. The van der Waals surface area contributed by atoms with Gasteiger partial charge in [0.05, 0.1) is 0 Å². The van der Waals surface area contributed by atoms with Crippen LogP contribution in [0.4, 0.5) is 4.79 Å². The molecule has 0 unspecified atom stereocenters. The lowest BCUT2D eigenvalue weighted by Gasteiger charge is -2.26. The van der Waals surface area contributed by atoms with Crippen molar-refractivity contribution >= 4 is 6.03 Å². The second kappa shape index (κ2) is 10.1. The summed E-state index contributed by atoms with van der Waals surface area (Å²) >= 11 is 0. The third-order valence-electron chi connectivity index (χ3n) is 5.46. The third kappa shape index (κ3) is 6.30. The summed E-state index contributed by atoms with van der Waals surface area (Å²) in [5, 5.41) is 3.10. The molecule has 0 radical (unpaired) electrons. The summed E-state index contributed by atoms with van der Waals surface area (Å²) < 4.78 is 0. The Kier molecular flexibility index (Phi) is 8.17. The van der Waals surface area contributed by atoms with Crippen molar-refractivity contribution in [3.63, 3.8) is 0 Å². The molecule has 2 fully saturated rings. The van der Waals surface area contributed by atoms with Crippen LogP contribution in [0.3, 0.4) is 0 Å². The van der Waals surface area contributed by atoms with E-state index < -0.39 is 0 Å². The van der Waals surface area contributed by atoms with Gasteiger partial charge in [0.2, 0.25) is 0 Å². The molecule has 23 heavy (non-hydrogen) atoms. The van der Waals surface area contributed by atoms with Crippen LogP contribution in [0.15, 0.2) is 0 Å². The van der Waals surface area contributed by atoms with Gasteiger partial charge < -0.3 is 20.0 Å². The van der Waals surface area contributed by atoms with E-state index in [1.807, 2.05) is 4.90 Å². The lowest BCUT2D eigenvalue weighted by Crippen LogP contribution is -2.44. The number of nitrogens with one attached hydrogen (secondary N) is 1. The maximum absolute atomic E-state index is 12.3. The van der Waals surface area contributed by atoms with Crippen LogP contribution in [0.25, 0.3) is 0 Å². The summed E-state index contributed by atoms with van der Waals surface area (Å²) in [6.07, 6.45) is 9.14. The van der Waals surface area contributed by atoms with Crippen molar-refractivity contribution in [2.75, 3.05) is 52.9 Å². The molecule has 0 aromatic rings. The van der Waals surface area contributed by atoms with Gasteiger partial charge in [0.25, 0.3) is 0 Å². The van der Waals surface area contributed by atoms with Gasteiger partial charge in [0, 0.05) is 32.2 Å². The Labute approximate surface area is 142 Å². The number of hydrogen-bond donors (Lipinski definition) is 1. The third-order valence-corrected chi connectivity index (χ3v) is 5.46. The number of amides is 2. The summed E-state index contributed by atoms with van der Waals surface area (Å²) in [6, 6.07) is 0.836. The Morgan fingerprint density at radius 1 is 1.13 bits per heavy atom. The molecule has 1 saturated carbocycles. The fourth-order valence-corrected chi connectivity index (χ4v) is 3.87. The van der Waals surface area contributed by atoms with Crippen LogP contribution in [0, 0.1) is 0 Å².